The fourth-order valence-electron chi connectivity index (χ4n) is 4.10. The molecule has 0 N–H and O–H groups in total. The van der Waals surface area contributed by atoms with Gasteiger partial charge in [-0.3, -0.25) is 4.79 Å². The van der Waals surface area contributed by atoms with Crippen LogP contribution in [-0.4, -0.2) is 72.1 Å². The molecule has 2 fully saturated rings. The van der Waals surface area contributed by atoms with Crippen LogP contribution in [0.25, 0.3) is 10.6 Å². The number of anilines is 2. The lowest BCUT2D eigenvalue weighted by Crippen LogP contribution is -2.54. The molecule has 1 aromatic carbocycles. The number of ether oxygens (including phenoxy) is 1. The van der Waals surface area contributed by atoms with E-state index in [1.165, 1.54) is 0 Å². The number of carbonyl (C=O) groups excluding carboxylic acids is 1. The van der Waals surface area contributed by atoms with E-state index in [1.54, 1.807) is 30.3 Å². The molecule has 8 nitrogen and oxygen atoms in total. The van der Waals surface area contributed by atoms with Gasteiger partial charge < -0.3 is 19.4 Å². The maximum atomic E-state index is 12.0. The lowest BCUT2D eigenvalue weighted by atomic mass is 9.99. The molecule has 0 spiro atoms. The summed E-state index contributed by atoms with van der Waals surface area (Å²) in [4.78, 5) is 31.4. The van der Waals surface area contributed by atoms with Gasteiger partial charge in [-0.05, 0) is 24.3 Å². The third-order valence-corrected chi connectivity index (χ3v) is 6.75. The molecule has 1 amide bonds. The largest absolute Gasteiger partial charge is 0.489 e. The number of benzene rings is 1. The molecular formula is C23H26N6O2S. The van der Waals surface area contributed by atoms with Crippen molar-refractivity contribution in [2.24, 2.45) is 5.92 Å². The van der Waals surface area contributed by atoms with Gasteiger partial charge >= 0.3 is 0 Å². The first kappa shape index (κ1) is 20.7. The highest BCUT2D eigenvalue weighted by Gasteiger charge is 2.35. The van der Waals surface area contributed by atoms with Crippen molar-refractivity contribution in [2.45, 2.75) is 12.5 Å². The van der Waals surface area contributed by atoms with Crippen molar-refractivity contribution in [3.05, 3.63) is 48.2 Å². The highest BCUT2D eigenvalue weighted by Crippen LogP contribution is 2.28. The highest BCUT2D eigenvalue weighted by molar-refractivity contribution is 7.13. The van der Waals surface area contributed by atoms with Crippen LogP contribution in [0.3, 0.4) is 0 Å². The highest BCUT2D eigenvalue weighted by atomic mass is 32.1. The molecule has 2 aromatic heterocycles. The van der Waals surface area contributed by atoms with Crippen LogP contribution < -0.4 is 14.5 Å². The van der Waals surface area contributed by atoms with Crippen molar-refractivity contribution < 1.29 is 9.53 Å². The summed E-state index contributed by atoms with van der Waals surface area (Å²) in [5.41, 5.74) is 2.11. The number of amides is 1. The Hall–Kier alpha value is -3.20. The van der Waals surface area contributed by atoms with Crippen molar-refractivity contribution in [3.63, 3.8) is 0 Å². The molecule has 2 saturated heterocycles. The Morgan fingerprint density at radius 2 is 1.81 bits per heavy atom. The van der Waals surface area contributed by atoms with E-state index in [0.717, 1.165) is 41.5 Å². The Balaban J connectivity index is 1.13. The summed E-state index contributed by atoms with van der Waals surface area (Å²) in [6, 6.07) is 8.14. The first-order valence-corrected chi connectivity index (χ1v) is 11.6. The molecule has 2 aliphatic rings. The average Bonchev–Trinajstić information content (AvgIpc) is 3.46. The van der Waals surface area contributed by atoms with Crippen molar-refractivity contribution in [1.29, 1.82) is 0 Å². The van der Waals surface area contributed by atoms with Crippen LogP contribution in [-0.2, 0) is 4.79 Å². The van der Waals surface area contributed by atoms with Crippen LogP contribution in [0.1, 0.15) is 6.42 Å². The van der Waals surface area contributed by atoms with Crippen molar-refractivity contribution in [1.82, 2.24) is 19.9 Å². The predicted molar refractivity (Wildman–Crippen MR) is 125 cm³/mol. The average molecular weight is 451 g/mol. The minimum atomic E-state index is 0.0420. The summed E-state index contributed by atoms with van der Waals surface area (Å²) in [6.45, 7) is 3.07. The Labute approximate surface area is 191 Å². The first-order valence-electron chi connectivity index (χ1n) is 10.8. The minimum absolute atomic E-state index is 0.0420. The van der Waals surface area contributed by atoms with E-state index in [-0.39, 0.29) is 17.9 Å². The van der Waals surface area contributed by atoms with Gasteiger partial charge in [0.1, 0.15) is 16.9 Å². The zero-order chi connectivity index (χ0) is 22.1. The zero-order valence-electron chi connectivity index (χ0n) is 18.2. The Morgan fingerprint density at radius 1 is 1.06 bits per heavy atom. The quantitative estimate of drug-likeness (QED) is 0.572. The van der Waals surface area contributed by atoms with Gasteiger partial charge in [-0.2, -0.15) is 0 Å². The predicted octanol–water partition coefficient (Wildman–Crippen LogP) is 2.78. The second kappa shape index (κ2) is 8.74. The molecule has 4 heterocycles. The van der Waals surface area contributed by atoms with E-state index < -0.39 is 0 Å². The van der Waals surface area contributed by atoms with Crippen LogP contribution >= 0.6 is 11.3 Å². The number of rotatable bonds is 6. The molecular weight excluding hydrogens is 424 g/mol. The molecule has 166 valence electrons. The van der Waals surface area contributed by atoms with Crippen LogP contribution in [0.15, 0.2) is 48.2 Å². The first-order chi connectivity index (χ1) is 15.6. The number of aromatic nitrogens is 3. The van der Waals surface area contributed by atoms with E-state index in [4.69, 9.17) is 4.74 Å². The summed E-state index contributed by atoms with van der Waals surface area (Å²) in [5, 5.41) is 3.00. The molecule has 0 saturated carbocycles. The van der Waals surface area contributed by atoms with Gasteiger partial charge in [-0.25, -0.2) is 15.0 Å². The van der Waals surface area contributed by atoms with E-state index >= 15 is 0 Å². The third kappa shape index (κ3) is 4.25. The summed E-state index contributed by atoms with van der Waals surface area (Å²) in [7, 11) is 3.59. The second-order valence-electron chi connectivity index (χ2n) is 8.41. The molecule has 0 bridgehead atoms. The van der Waals surface area contributed by atoms with E-state index in [0.29, 0.717) is 19.0 Å². The van der Waals surface area contributed by atoms with Gasteiger partial charge in [-0.1, -0.05) is 0 Å². The number of thiazole rings is 1. The van der Waals surface area contributed by atoms with E-state index in [9.17, 15) is 4.79 Å². The third-order valence-electron chi connectivity index (χ3n) is 5.93. The summed E-state index contributed by atoms with van der Waals surface area (Å²) in [5.74, 6) is 1.77. The monoisotopic (exact) mass is 450 g/mol. The second-order valence-corrected chi connectivity index (χ2v) is 9.31. The molecule has 2 aliphatic heterocycles. The number of carbonyl (C=O) groups is 1. The van der Waals surface area contributed by atoms with Gasteiger partial charge in [-0.15, -0.1) is 11.3 Å². The van der Waals surface area contributed by atoms with Crippen LogP contribution in [0.4, 0.5) is 11.6 Å². The molecule has 9 heteroatoms. The molecule has 3 aromatic rings. The Morgan fingerprint density at radius 3 is 2.47 bits per heavy atom. The number of hydrogen-bond acceptors (Lipinski definition) is 8. The van der Waals surface area contributed by atoms with Crippen LogP contribution in [0.2, 0.25) is 0 Å². The SMILES string of the molecule is CN(C)C(=O)C1CN(c2ncc(N3CC[C@@H](Oc4ccc(-c5nccs5)cc4)C3)cn2)C1. The smallest absolute Gasteiger partial charge is 0.228 e. The lowest BCUT2D eigenvalue weighted by Gasteiger charge is -2.39. The molecule has 5 rings (SSSR count). The molecule has 0 radical (unpaired) electrons. The maximum absolute atomic E-state index is 12.0. The molecule has 0 aliphatic carbocycles. The summed E-state index contributed by atoms with van der Waals surface area (Å²) >= 11 is 1.63. The van der Waals surface area contributed by atoms with E-state index in [2.05, 4.69) is 32.0 Å². The lowest BCUT2D eigenvalue weighted by molar-refractivity contribution is -0.133. The van der Waals surface area contributed by atoms with Crippen LogP contribution in [0, 0.1) is 5.92 Å². The van der Waals surface area contributed by atoms with Gasteiger partial charge in [0.2, 0.25) is 11.9 Å². The zero-order valence-corrected chi connectivity index (χ0v) is 19.0. The fourth-order valence-corrected chi connectivity index (χ4v) is 4.74. The Bertz CT molecular complexity index is 1050. The molecule has 0 unspecified atom stereocenters. The fraction of sp³-hybridized carbons (Fsp3) is 0.391. The van der Waals surface area contributed by atoms with Gasteiger partial charge in [0, 0.05) is 57.3 Å². The Kier molecular flexibility index (Phi) is 5.65. The van der Waals surface area contributed by atoms with Gasteiger partial charge in [0.25, 0.3) is 0 Å². The van der Waals surface area contributed by atoms with Crippen molar-refractivity contribution >= 4 is 28.9 Å². The number of hydrogen-bond donors (Lipinski definition) is 0. The van der Waals surface area contributed by atoms with Gasteiger partial charge in [0.05, 0.1) is 30.5 Å². The maximum Gasteiger partial charge on any atom is 0.228 e. The van der Waals surface area contributed by atoms with Gasteiger partial charge in [0.15, 0.2) is 0 Å². The number of nitrogens with zero attached hydrogens (tertiary/aromatic N) is 6. The van der Waals surface area contributed by atoms with E-state index in [1.807, 2.05) is 41.0 Å². The topological polar surface area (TPSA) is 74.7 Å². The molecule has 1 atom stereocenters. The van der Waals surface area contributed by atoms with Crippen LogP contribution in [0.5, 0.6) is 5.75 Å². The summed E-state index contributed by atoms with van der Waals surface area (Å²) in [6.07, 6.45) is 6.65. The molecule has 32 heavy (non-hydrogen) atoms. The normalized spacial score (nSPS) is 18.5. The summed E-state index contributed by atoms with van der Waals surface area (Å²) < 4.78 is 6.20. The van der Waals surface area contributed by atoms with Crippen molar-refractivity contribution in [3.8, 4) is 16.3 Å². The minimum Gasteiger partial charge on any atom is -0.489 e. The standard InChI is InChI=1S/C23H26N6O2S/c1-27(2)22(30)17-13-29(14-17)23-25-11-18(12-26-23)28-9-7-20(15-28)31-19-5-3-16(4-6-19)21-24-8-10-32-21/h3-6,8,10-12,17,20H,7,9,13-15H2,1-2H3/t20-/m1/s1. The van der Waals surface area contributed by atoms with Crippen molar-refractivity contribution in [2.75, 3.05) is 50.1 Å².